The van der Waals surface area contributed by atoms with Gasteiger partial charge in [0.05, 0.1) is 5.56 Å². The molecule has 1 aromatic carbocycles. The molecule has 3 aliphatic rings. The van der Waals surface area contributed by atoms with Gasteiger partial charge in [-0.25, -0.2) is 4.98 Å². The molecule has 6 nitrogen and oxygen atoms in total. The van der Waals surface area contributed by atoms with Crippen molar-refractivity contribution in [1.29, 1.82) is 0 Å². The number of carbonyl (C=O) groups is 2. The van der Waals surface area contributed by atoms with Gasteiger partial charge in [-0.05, 0) is 61.6 Å². The zero-order valence-corrected chi connectivity index (χ0v) is 18.6. The SMILES string of the molecule is O=C(NCCCc1ccccc1)c1ccc(N2C[C@H]3C[C@H](C2)[C@H]2CCCC(=O)N2C3)nc1. The molecule has 2 aromatic rings. The van der Waals surface area contributed by atoms with Crippen LogP contribution in [-0.4, -0.2) is 53.9 Å². The van der Waals surface area contributed by atoms with Crippen LogP contribution in [0.5, 0.6) is 0 Å². The number of pyridine rings is 1. The lowest BCUT2D eigenvalue weighted by Crippen LogP contribution is -2.60. The van der Waals surface area contributed by atoms with Crippen LogP contribution in [0.2, 0.25) is 0 Å². The highest BCUT2D eigenvalue weighted by Crippen LogP contribution is 2.38. The average Bonchev–Trinajstić information content (AvgIpc) is 2.83. The first kappa shape index (κ1) is 21.0. The van der Waals surface area contributed by atoms with E-state index in [2.05, 4.69) is 32.2 Å². The molecule has 3 aliphatic heterocycles. The van der Waals surface area contributed by atoms with Gasteiger partial charge in [0, 0.05) is 44.8 Å². The number of aromatic nitrogens is 1. The van der Waals surface area contributed by atoms with Gasteiger partial charge in [-0.2, -0.15) is 0 Å². The number of anilines is 1. The Kier molecular flexibility index (Phi) is 6.10. The molecule has 0 radical (unpaired) electrons. The number of hydrogen-bond donors (Lipinski definition) is 1. The third kappa shape index (κ3) is 4.50. The van der Waals surface area contributed by atoms with Gasteiger partial charge in [-0.15, -0.1) is 0 Å². The molecule has 5 rings (SSSR count). The van der Waals surface area contributed by atoms with E-state index in [-0.39, 0.29) is 5.91 Å². The van der Waals surface area contributed by atoms with Crippen molar-refractivity contribution in [1.82, 2.24) is 15.2 Å². The summed E-state index contributed by atoms with van der Waals surface area (Å²) in [4.78, 5) is 34.0. The Morgan fingerprint density at radius 1 is 1.09 bits per heavy atom. The molecule has 3 saturated heterocycles. The topological polar surface area (TPSA) is 65.5 Å². The van der Waals surface area contributed by atoms with Crippen molar-refractivity contribution < 1.29 is 9.59 Å². The molecule has 6 heteroatoms. The largest absolute Gasteiger partial charge is 0.356 e. The highest BCUT2D eigenvalue weighted by Gasteiger charge is 2.44. The van der Waals surface area contributed by atoms with Crippen LogP contribution in [0.3, 0.4) is 0 Å². The maximum absolute atomic E-state index is 12.5. The van der Waals surface area contributed by atoms with Crippen LogP contribution in [0.1, 0.15) is 48.0 Å². The molecular weight excluding hydrogens is 400 g/mol. The number of rotatable bonds is 6. The Hall–Kier alpha value is -2.89. The van der Waals surface area contributed by atoms with Gasteiger partial charge in [-0.3, -0.25) is 9.59 Å². The monoisotopic (exact) mass is 432 g/mol. The number of benzene rings is 1. The maximum Gasteiger partial charge on any atom is 0.252 e. The molecule has 0 unspecified atom stereocenters. The second-order valence-corrected chi connectivity index (χ2v) is 9.52. The van der Waals surface area contributed by atoms with E-state index in [0.29, 0.717) is 35.9 Å². The van der Waals surface area contributed by atoms with E-state index in [0.717, 1.165) is 57.6 Å². The lowest BCUT2D eigenvalue weighted by Gasteiger charge is -2.52. The molecule has 3 fully saturated rings. The molecule has 0 aliphatic carbocycles. The summed E-state index contributed by atoms with van der Waals surface area (Å²) < 4.78 is 0. The summed E-state index contributed by atoms with van der Waals surface area (Å²) in [7, 11) is 0. The van der Waals surface area contributed by atoms with Crippen LogP contribution < -0.4 is 10.2 Å². The molecule has 2 bridgehead atoms. The summed E-state index contributed by atoms with van der Waals surface area (Å²) in [6, 6.07) is 14.6. The van der Waals surface area contributed by atoms with Gasteiger partial charge in [0.2, 0.25) is 5.91 Å². The Bertz CT molecular complexity index is 946. The summed E-state index contributed by atoms with van der Waals surface area (Å²) in [6.07, 6.45) is 7.66. The lowest BCUT2D eigenvalue weighted by atomic mass is 9.76. The van der Waals surface area contributed by atoms with E-state index < -0.39 is 0 Å². The molecule has 168 valence electrons. The van der Waals surface area contributed by atoms with E-state index in [4.69, 9.17) is 0 Å². The van der Waals surface area contributed by atoms with Gasteiger partial charge in [-0.1, -0.05) is 30.3 Å². The zero-order chi connectivity index (χ0) is 21.9. The number of nitrogens with zero attached hydrogens (tertiary/aromatic N) is 3. The van der Waals surface area contributed by atoms with Gasteiger partial charge in [0.1, 0.15) is 5.82 Å². The smallest absolute Gasteiger partial charge is 0.252 e. The van der Waals surface area contributed by atoms with Crippen LogP contribution >= 0.6 is 0 Å². The van der Waals surface area contributed by atoms with E-state index in [9.17, 15) is 9.59 Å². The summed E-state index contributed by atoms with van der Waals surface area (Å²) in [5, 5.41) is 3.01. The Labute approximate surface area is 190 Å². The van der Waals surface area contributed by atoms with Crippen LogP contribution in [0.25, 0.3) is 0 Å². The average molecular weight is 433 g/mol. The summed E-state index contributed by atoms with van der Waals surface area (Å²) in [5.74, 6) is 2.27. The van der Waals surface area contributed by atoms with Crippen LogP contribution in [0, 0.1) is 11.8 Å². The van der Waals surface area contributed by atoms with E-state index >= 15 is 0 Å². The second-order valence-electron chi connectivity index (χ2n) is 9.52. The number of amides is 2. The molecule has 0 spiro atoms. The molecule has 32 heavy (non-hydrogen) atoms. The van der Waals surface area contributed by atoms with E-state index in [1.807, 2.05) is 30.3 Å². The molecule has 1 aromatic heterocycles. The number of piperidine rings is 3. The number of carbonyl (C=O) groups excluding carboxylic acids is 2. The van der Waals surface area contributed by atoms with Gasteiger partial charge < -0.3 is 15.1 Å². The van der Waals surface area contributed by atoms with Crippen molar-refractivity contribution in [3.8, 4) is 0 Å². The summed E-state index contributed by atoms with van der Waals surface area (Å²) in [6.45, 7) is 3.43. The fraction of sp³-hybridized carbons (Fsp3) is 0.500. The van der Waals surface area contributed by atoms with Crippen LogP contribution in [-0.2, 0) is 11.2 Å². The summed E-state index contributed by atoms with van der Waals surface area (Å²) >= 11 is 0. The summed E-state index contributed by atoms with van der Waals surface area (Å²) in [5.41, 5.74) is 1.90. The van der Waals surface area contributed by atoms with E-state index in [1.165, 1.54) is 12.0 Å². The fourth-order valence-electron chi connectivity index (χ4n) is 5.75. The van der Waals surface area contributed by atoms with Crippen molar-refractivity contribution in [3.63, 3.8) is 0 Å². The first-order valence-electron chi connectivity index (χ1n) is 12.0. The second kappa shape index (κ2) is 9.31. The minimum Gasteiger partial charge on any atom is -0.356 e. The van der Waals surface area contributed by atoms with Crippen LogP contribution in [0.4, 0.5) is 5.82 Å². The first-order valence-corrected chi connectivity index (χ1v) is 12.0. The molecular formula is C26H32N4O2. The lowest BCUT2D eigenvalue weighted by molar-refractivity contribution is -0.142. The van der Waals surface area contributed by atoms with Crippen molar-refractivity contribution >= 4 is 17.6 Å². The molecule has 1 N–H and O–H groups in total. The Morgan fingerprint density at radius 3 is 2.78 bits per heavy atom. The highest BCUT2D eigenvalue weighted by molar-refractivity contribution is 5.94. The minimum absolute atomic E-state index is 0.0658. The standard InChI is InChI=1S/C26H32N4O2/c31-25-10-4-9-23-22-14-20(17-30(23)25)16-29(18-22)24-12-11-21(15-28-24)26(32)27-13-5-8-19-6-2-1-3-7-19/h1-3,6-7,11-12,15,20,22-23H,4-5,8-10,13-14,16-18H2,(H,27,32)/t20-,22-,23-/m1/s1. The maximum atomic E-state index is 12.5. The van der Waals surface area contributed by atoms with Crippen molar-refractivity contribution in [3.05, 3.63) is 59.8 Å². The molecule has 0 saturated carbocycles. The normalized spacial score (nSPS) is 24.8. The predicted octanol–water partition coefficient (Wildman–Crippen LogP) is 3.28. The first-order chi connectivity index (χ1) is 15.7. The van der Waals surface area contributed by atoms with E-state index in [1.54, 1.807) is 6.20 Å². The highest BCUT2D eigenvalue weighted by atomic mass is 16.2. The van der Waals surface area contributed by atoms with Gasteiger partial charge in [0.15, 0.2) is 0 Å². The number of hydrogen-bond acceptors (Lipinski definition) is 4. The van der Waals surface area contributed by atoms with Gasteiger partial charge in [0.25, 0.3) is 5.91 Å². The Balaban J connectivity index is 1.14. The van der Waals surface area contributed by atoms with Crippen LogP contribution in [0.15, 0.2) is 48.7 Å². The van der Waals surface area contributed by atoms with Crippen molar-refractivity contribution in [2.45, 2.75) is 44.6 Å². The third-order valence-corrected chi connectivity index (χ3v) is 7.28. The number of fused-ring (bicyclic) bond motifs is 4. The minimum atomic E-state index is -0.0658. The zero-order valence-electron chi connectivity index (χ0n) is 18.6. The quantitative estimate of drug-likeness (QED) is 0.712. The fourth-order valence-corrected chi connectivity index (χ4v) is 5.75. The van der Waals surface area contributed by atoms with Crippen molar-refractivity contribution in [2.24, 2.45) is 11.8 Å². The number of nitrogens with one attached hydrogen (secondary N) is 1. The molecule has 3 atom stereocenters. The van der Waals surface area contributed by atoms with Gasteiger partial charge >= 0.3 is 0 Å². The molecule has 4 heterocycles. The third-order valence-electron chi connectivity index (χ3n) is 7.28. The molecule has 2 amide bonds. The van der Waals surface area contributed by atoms with Crippen molar-refractivity contribution in [2.75, 3.05) is 31.1 Å². The number of aryl methyl sites for hydroxylation is 1. The Morgan fingerprint density at radius 2 is 1.97 bits per heavy atom. The predicted molar refractivity (Wildman–Crippen MR) is 124 cm³/mol.